The van der Waals surface area contributed by atoms with Gasteiger partial charge in [0.15, 0.2) is 0 Å². The van der Waals surface area contributed by atoms with Crippen molar-refractivity contribution in [1.82, 2.24) is 10.0 Å². The molecule has 138 valence electrons. The lowest BCUT2D eigenvalue weighted by atomic mass is 10.2. The minimum Gasteiger partial charge on any atom is -0.480 e. The zero-order chi connectivity index (χ0) is 19.3. The average molecular weight is 397 g/mol. The van der Waals surface area contributed by atoms with Crippen molar-refractivity contribution in [2.45, 2.75) is 24.4 Å². The Morgan fingerprint density at radius 2 is 1.65 bits per heavy atom. The summed E-state index contributed by atoms with van der Waals surface area (Å²) >= 11 is 5.77. The van der Waals surface area contributed by atoms with Crippen LogP contribution in [-0.4, -0.2) is 31.4 Å². The highest BCUT2D eigenvalue weighted by molar-refractivity contribution is 7.89. The number of nitrogens with one attached hydrogen (secondary N) is 2. The molecule has 2 aromatic rings. The topological polar surface area (TPSA) is 113 Å². The van der Waals surface area contributed by atoms with Crippen LogP contribution >= 0.6 is 11.6 Å². The van der Waals surface area contributed by atoms with Gasteiger partial charge >= 0.3 is 5.97 Å². The molecule has 1 atom stereocenters. The summed E-state index contributed by atoms with van der Waals surface area (Å²) < 4.78 is 26.2. The molecule has 0 aliphatic carbocycles. The quantitative estimate of drug-likeness (QED) is 0.662. The largest absolute Gasteiger partial charge is 0.480 e. The molecule has 26 heavy (non-hydrogen) atoms. The number of rotatable bonds is 7. The van der Waals surface area contributed by atoms with Crippen molar-refractivity contribution in [2.24, 2.45) is 0 Å². The monoisotopic (exact) mass is 396 g/mol. The Kier molecular flexibility index (Phi) is 6.36. The van der Waals surface area contributed by atoms with E-state index in [1.54, 1.807) is 36.4 Å². The van der Waals surface area contributed by atoms with Crippen molar-refractivity contribution in [3.8, 4) is 0 Å². The molecule has 0 radical (unpaired) electrons. The molecule has 0 aliphatic heterocycles. The number of benzene rings is 2. The predicted octanol–water partition coefficient (Wildman–Crippen LogP) is 2.02. The third kappa shape index (κ3) is 5.29. The molecule has 0 aliphatic rings. The Hall–Kier alpha value is -2.42. The molecule has 0 aromatic heterocycles. The number of halogens is 1. The number of hydrogen-bond donors (Lipinski definition) is 3. The van der Waals surface area contributed by atoms with Crippen LogP contribution in [0.15, 0.2) is 53.4 Å². The molecule has 2 aromatic carbocycles. The second kappa shape index (κ2) is 8.31. The van der Waals surface area contributed by atoms with E-state index in [1.165, 1.54) is 19.1 Å². The van der Waals surface area contributed by atoms with Gasteiger partial charge in [0.25, 0.3) is 5.91 Å². The summed E-state index contributed by atoms with van der Waals surface area (Å²) in [5, 5.41) is 12.0. The SMILES string of the molecule is CC(NS(=O)(=O)c1ccc(CNC(=O)c2ccc(Cl)cc2)cc1)C(=O)O. The summed E-state index contributed by atoms with van der Waals surface area (Å²) in [5.74, 6) is -1.55. The summed E-state index contributed by atoms with van der Waals surface area (Å²) in [6.45, 7) is 1.45. The van der Waals surface area contributed by atoms with Gasteiger partial charge in [-0.3, -0.25) is 9.59 Å². The average Bonchev–Trinajstić information content (AvgIpc) is 2.60. The Balaban J connectivity index is 2.00. The molecule has 2 rings (SSSR count). The minimum atomic E-state index is -3.93. The molecule has 0 bridgehead atoms. The van der Waals surface area contributed by atoms with Crippen molar-refractivity contribution < 1.29 is 23.1 Å². The van der Waals surface area contributed by atoms with Crippen molar-refractivity contribution >= 4 is 33.5 Å². The van der Waals surface area contributed by atoms with Gasteiger partial charge in [-0.15, -0.1) is 0 Å². The molecule has 7 nitrogen and oxygen atoms in total. The zero-order valence-electron chi connectivity index (χ0n) is 13.8. The standard InChI is InChI=1S/C17H17ClN2O5S/c1-11(17(22)23)20-26(24,25)15-8-2-12(3-9-15)10-19-16(21)13-4-6-14(18)7-5-13/h2-9,11,20H,10H2,1H3,(H,19,21)(H,22,23). The fourth-order valence-electron chi connectivity index (χ4n) is 2.02. The number of aliphatic carboxylic acids is 1. The van der Waals surface area contributed by atoms with E-state index in [2.05, 4.69) is 10.0 Å². The lowest BCUT2D eigenvalue weighted by molar-refractivity contribution is -0.138. The first-order valence-corrected chi connectivity index (χ1v) is 9.43. The fourth-order valence-corrected chi connectivity index (χ4v) is 3.35. The predicted molar refractivity (Wildman–Crippen MR) is 96.5 cm³/mol. The van der Waals surface area contributed by atoms with Gasteiger partial charge in [-0.25, -0.2) is 8.42 Å². The molecule has 9 heteroatoms. The van der Waals surface area contributed by atoms with Gasteiger partial charge in [-0.2, -0.15) is 4.72 Å². The maximum atomic E-state index is 12.1. The molecule has 0 fully saturated rings. The summed E-state index contributed by atoms with van der Waals surface area (Å²) in [6.07, 6.45) is 0. The van der Waals surface area contributed by atoms with Crippen LogP contribution < -0.4 is 10.0 Å². The number of amides is 1. The maximum Gasteiger partial charge on any atom is 0.321 e. The highest BCUT2D eigenvalue weighted by atomic mass is 35.5. The molecule has 0 spiro atoms. The van der Waals surface area contributed by atoms with E-state index in [-0.39, 0.29) is 17.3 Å². The van der Waals surface area contributed by atoms with Crippen molar-refractivity contribution in [2.75, 3.05) is 0 Å². The van der Waals surface area contributed by atoms with Gasteiger partial charge < -0.3 is 10.4 Å². The number of carboxylic acids is 1. The maximum absolute atomic E-state index is 12.1. The van der Waals surface area contributed by atoms with Gasteiger partial charge in [-0.1, -0.05) is 23.7 Å². The lowest BCUT2D eigenvalue weighted by Crippen LogP contribution is -2.38. The van der Waals surface area contributed by atoms with Crippen LogP contribution in [0.25, 0.3) is 0 Å². The second-order valence-electron chi connectivity index (χ2n) is 5.51. The summed E-state index contributed by atoms with van der Waals surface area (Å²) in [4.78, 5) is 22.7. The van der Waals surface area contributed by atoms with Gasteiger partial charge in [0.1, 0.15) is 6.04 Å². The molecular weight excluding hydrogens is 380 g/mol. The summed E-state index contributed by atoms with van der Waals surface area (Å²) in [6, 6.07) is 11.0. The van der Waals surface area contributed by atoms with Crippen LogP contribution in [0.1, 0.15) is 22.8 Å². The normalized spacial score (nSPS) is 12.4. The minimum absolute atomic E-state index is 0.0571. The smallest absolute Gasteiger partial charge is 0.321 e. The Bertz CT molecular complexity index is 896. The first kappa shape index (κ1) is 19.9. The van der Waals surface area contributed by atoms with Gasteiger partial charge in [0.2, 0.25) is 10.0 Å². The van der Waals surface area contributed by atoms with Gasteiger partial charge in [-0.05, 0) is 48.9 Å². The molecular formula is C17H17ClN2O5S. The van der Waals surface area contributed by atoms with E-state index in [4.69, 9.17) is 16.7 Å². The third-order valence-electron chi connectivity index (χ3n) is 3.50. The molecule has 0 saturated carbocycles. The van der Waals surface area contributed by atoms with Crippen LogP contribution in [0.5, 0.6) is 0 Å². The zero-order valence-corrected chi connectivity index (χ0v) is 15.3. The van der Waals surface area contributed by atoms with Gasteiger partial charge in [0, 0.05) is 17.1 Å². The second-order valence-corrected chi connectivity index (χ2v) is 7.67. The molecule has 0 heterocycles. The highest BCUT2D eigenvalue weighted by Gasteiger charge is 2.21. The van der Waals surface area contributed by atoms with E-state index < -0.39 is 22.0 Å². The Morgan fingerprint density at radius 3 is 2.19 bits per heavy atom. The first-order chi connectivity index (χ1) is 12.2. The molecule has 0 saturated heterocycles. The van der Waals surface area contributed by atoms with Crippen molar-refractivity contribution in [1.29, 1.82) is 0 Å². The number of carbonyl (C=O) groups excluding carboxylic acids is 1. The van der Waals surface area contributed by atoms with Crippen molar-refractivity contribution in [3.63, 3.8) is 0 Å². The number of carbonyl (C=O) groups is 2. The Labute approximate surface area is 156 Å². The highest BCUT2D eigenvalue weighted by Crippen LogP contribution is 2.12. The first-order valence-electron chi connectivity index (χ1n) is 7.57. The lowest BCUT2D eigenvalue weighted by Gasteiger charge is -2.11. The van der Waals surface area contributed by atoms with Crippen LogP contribution in [0.4, 0.5) is 0 Å². The molecule has 1 unspecified atom stereocenters. The van der Waals surface area contributed by atoms with E-state index in [0.29, 0.717) is 16.1 Å². The Morgan fingerprint density at radius 1 is 1.08 bits per heavy atom. The summed E-state index contributed by atoms with van der Waals surface area (Å²) in [7, 11) is -3.93. The van der Waals surface area contributed by atoms with Crippen LogP contribution in [0.3, 0.4) is 0 Å². The van der Waals surface area contributed by atoms with Gasteiger partial charge in [0.05, 0.1) is 4.90 Å². The van der Waals surface area contributed by atoms with E-state index in [1.807, 2.05) is 0 Å². The number of sulfonamides is 1. The molecule has 3 N–H and O–H groups in total. The van der Waals surface area contributed by atoms with Crippen LogP contribution in [0.2, 0.25) is 5.02 Å². The summed E-state index contributed by atoms with van der Waals surface area (Å²) in [5.41, 5.74) is 1.15. The number of carboxylic acid groups (broad SMARTS) is 1. The number of hydrogen-bond acceptors (Lipinski definition) is 4. The fraction of sp³-hybridized carbons (Fsp3) is 0.176. The van der Waals surface area contributed by atoms with Crippen LogP contribution in [-0.2, 0) is 21.4 Å². The van der Waals surface area contributed by atoms with E-state index >= 15 is 0 Å². The van der Waals surface area contributed by atoms with E-state index in [9.17, 15) is 18.0 Å². The third-order valence-corrected chi connectivity index (χ3v) is 5.30. The van der Waals surface area contributed by atoms with Crippen molar-refractivity contribution in [3.05, 3.63) is 64.7 Å². The molecule has 1 amide bonds. The van der Waals surface area contributed by atoms with Crippen LogP contribution in [0, 0.1) is 0 Å². The van der Waals surface area contributed by atoms with E-state index in [0.717, 1.165) is 0 Å².